The van der Waals surface area contributed by atoms with Crippen LogP contribution in [0.15, 0.2) is 35.9 Å². The van der Waals surface area contributed by atoms with Gasteiger partial charge in [0.15, 0.2) is 0 Å². The number of hydrogen-bond acceptors (Lipinski definition) is 2. The van der Waals surface area contributed by atoms with Gasteiger partial charge < -0.3 is 0 Å². The molecule has 30 heavy (non-hydrogen) atoms. The monoisotopic (exact) mass is 472 g/mol. The summed E-state index contributed by atoms with van der Waals surface area (Å²) < 4.78 is 1.07. The summed E-state index contributed by atoms with van der Waals surface area (Å²) >= 11 is 3.83. The quantitative estimate of drug-likeness (QED) is 0.335. The van der Waals surface area contributed by atoms with Gasteiger partial charge in [-0.3, -0.25) is 4.90 Å². The second-order valence-corrected chi connectivity index (χ2v) is 6.87. The van der Waals surface area contributed by atoms with E-state index in [-0.39, 0.29) is 6.04 Å². The third kappa shape index (κ3) is 8.09. The number of benzene rings is 1. The number of hydrogen-bond donors (Lipinski definition) is 0. The van der Waals surface area contributed by atoms with Crippen molar-refractivity contribution in [1.82, 2.24) is 4.90 Å². The second kappa shape index (κ2) is 17.9. The topological polar surface area (TPSA) is 27.0 Å². The van der Waals surface area contributed by atoms with Crippen LogP contribution in [0.3, 0.4) is 0 Å². The first-order chi connectivity index (χ1) is 14.5. The van der Waals surface area contributed by atoms with E-state index in [4.69, 9.17) is 0 Å². The van der Waals surface area contributed by atoms with Gasteiger partial charge >= 0.3 is 0 Å². The SMILES string of the molecule is C=C/C=C\c1c(C)c(C=C)c(/C=C\C)c(CN(CC)C(C#N)CC)c1Br.CC.CC. The average Bonchev–Trinajstić information content (AvgIpc) is 2.79. The normalized spacial score (nSPS) is 11.4. The van der Waals surface area contributed by atoms with Crippen LogP contribution < -0.4 is 0 Å². The summed E-state index contributed by atoms with van der Waals surface area (Å²) in [5.41, 5.74) is 5.78. The molecule has 166 valence electrons. The molecule has 0 fully saturated rings. The lowest BCUT2D eigenvalue weighted by Gasteiger charge is -2.28. The van der Waals surface area contributed by atoms with Crippen LogP contribution in [-0.2, 0) is 6.54 Å². The van der Waals surface area contributed by atoms with Crippen molar-refractivity contribution in [2.45, 2.75) is 74.4 Å². The molecule has 1 aromatic carbocycles. The zero-order valence-corrected chi connectivity index (χ0v) is 21.9. The van der Waals surface area contributed by atoms with Gasteiger partial charge in [0.05, 0.1) is 12.1 Å². The fourth-order valence-corrected chi connectivity index (χ4v) is 3.94. The van der Waals surface area contributed by atoms with E-state index in [1.165, 1.54) is 11.1 Å². The molecule has 0 heterocycles. The lowest BCUT2D eigenvalue weighted by atomic mass is 9.91. The Bertz CT molecular complexity index is 751. The highest BCUT2D eigenvalue weighted by Crippen LogP contribution is 2.36. The Labute approximate surface area is 194 Å². The van der Waals surface area contributed by atoms with Crippen LogP contribution in [0.4, 0.5) is 0 Å². The lowest BCUT2D eigenvalue weighted by Crippen LogP contribution is -2.33. The molecule has 0 aromatic heterocycles. The molecule has 0 bridgehead atoms. The van der Waals surface area contributed by atoms with Gasteiger partial charge in [-0.25, -0.2) is 0 Å². The van der Waals surface area contributed by atoms with Crippen LogP contribution in [0.2, 0.25) is 0 Å². The Balaban J connectivity index is 0. The Morgan fingerprint density at radius 3 is 2.07 bits per heavy atom. The number of halogens is 1. The highest BCUT2D eigenvalue weighted by atomic mass is 79.9. The van der Waals surface area contributed by atoms with Gasteiger partial charge in [0.1, 0.15) is 0 Å². The standard InChI is InChI=1S/C23H29BrN2.2C2H6/c1-7-12-14-20-17(6)19(10-4)21(13-8-2)22(23(20)24)16-26(11-5)18(9-3)15-25;2*1-2/h7-8,10,12-14,18H,1,4,9,11,16H2,2-3,5-6H3;2*1-2H3/b13-8-,14-12-;;. The van der Waals surface area contributed by atoms with E-state index in [0.29, 0.717) is 6.54 Å². The zero-order chi connectivity index (χ0) is 23.7. The Morgan fingerprint density at radius 1 is 1.07 bits per heavy atom. The third-order valence-corrected chi connectivity index (χ3v) is 5.51. The molecule has 0 saturated carbocycles. The van der Waals surface area contributed by atoms with E-state index in [2.05, 4.69) is 79.1 Å². The van der Waals surface area contributed by atoms with E-state index in [0.717, 1.165) is 34.1 Å². The van der Waals surface area contributed by atoms with Crippen LogP contribution in [0.1, 0.15) is 82.7 Å². The number of rotatable bonds is 9. The molecule has 0 aliphatic heterocycles. The molecule has 0 amide bonds. The summed E-state index contributed by atoms with van der Waals surface area (Å²) in [6, 6.07) is 2.34. The predicted octanol–water partition coefficient (Wildman–Crippen LogP) is 8.81. The molecular weight excluding hydrogens is 432 g/mol. The van der Waals surface area contributed by atoms with Crippen molar-refractivity contribution in [2.75, 3.05) is 6.54 Å². The van der Waals surface area contributed by atoms with Gasteiger partial charge in [-0.2, -0.15) is 5.26 Å². The molecule has 1 atom stereocenters. The summed E-state index contributed by atoms with van der Waals surface area (Å²) in [6.07, 6.45) is 12.7. The van der Waals surface area contributed by atoms with Gasteiger partial charge in [-0.15, -0.1) is 0 Å². The molecule has 3 heteroatoms. The number of allylic oxidation sites excluding steroid dienone is 3. The number of nitriles is 1. The highest BCUT2D eigenvalue weighted by Gasteiger charge is 2.21. The molecule has 0 spiro atoms. The van der Waals surface area contributed by atoms with E-state index < -0.39 is 0 Å². The minimum Gasteiger partial charge on any atom is -0.284 e. The fourth-order valence-electron chi connectivity index (χ4n) is 3.17. The summed E-state index contributed by atoms with van der Waals surface area (Å²) in [5, 5.41) is 9.51. The molecule has 0 saturated heterocycles. The van der Waals surface area contributed by atoms with Crippen LogP contribution in [0, 0.1) is 18.3 Å². The van der Waals surface area contributed by atoms with Crippen LogP contribution in [0.5, 0.6) is 0 Å². The van der Waals surface area contributed by atoms with Crippen molar-refractivity contribution in [3.8, 4) is 6.07 Å². The first kappa shape index (κ1) is 30.3. The zero-order valence-electron chi connectivity index (χ0n) is 20.3. The number of nitrogens with zero attached hydrogens (tertiary/aromatic N) is 2. The second-order valence-electron chi connectivity index (χ2n) is 6.07. The molecule has 1 rings (SSSR count). The van der Waals surface area contributed by atoms with E-state index in [1.807, 2.05) is 46.8 Å². The minimum absolute atomic E-state index is 0.0917. The molecule has 1 unspecified atom stereocenters. The van der Waals surface area contributed by atoms with Crippen molar-refractivity contribution >= 4 is 34.2 Å². The molecule has 0 N–H and O–H groups in total. The molecule has 0 aliphatic rings. The van der Waals surface area contributed by atoms with Crippen LogP contribution >= 0.6 is 15.9 Å². The summed E-state index contributed by atoms with van der Waals surface area (Å²) in [5.74, 6) is 0. The lowest BCUT2D eigenvalue weighted by molar-refractivity contribution is 0.232. The largest absolute Gasteiger partial charge is 0.284 e. The van der Waals surface area contributed by atoms with E-state index in [1.54, 1.807) is 6.08 Å². The van der Waals surface area contributed by atoms with Gasteiger partial charge in [0.25, 0.3) is 0 Å². The minimum atomic E-state index is -0.0917. The van der Waals surface area contributed by atoms with Crippen molar-refractivity contribution in [1.29, 1.82) is 5.26 Å². The summed E-state index contributed by atoms with van der Waals surface area (Å²) in [4.78, 5) is 2.22. The highest BCUT2D eigenvalue weighted by molar-refractivity contribution is 9.10. The average molecular weight is 474 g/mol. The van der Waals surface area contributed by atoms with Crippen LogP contribution in [0.25, 0.3) is 18.2 Å². The molecule has 0 radical (unpaired) electrons. The smallest absolute Gasteiger partial charge is 0.0978 e. The van der Waals surface area contributed by atoms with Gasteiger partial charge in [-0.1, -0.05) is 91.2 Å². The Hall–Kier alpha value is -1.89. The van der Waals surface area contributed by atoms with Crippen molar-refractivity contribution < 1.29 is 0 Å². The van der Waals surface area contributed by atoms with Crippen molar-refractivity contribution in [3.05, 3.63) is 63.7 Å². The maximum Gasteiger partial charge on any atom is 0.0978 e. The Kier molecular flexibility index (Phi) is 18.1. The van der Waals surface area contributed by atoms with E-state index >= 15 is 0 Å². The third-order valence-electron chi connectivity index (χ3n) is 4.61. The van der Waals surface area contributed by atoms with Gasteiger partial charge in [0.2, 0.25) is 0 Å². The summed E-state index contributed by atoms with van der Waals surface area (Å²) in [7, 11) is 0. The van der Waals surface area contributed by atoms with Crippen molar-refractivity contribution in [2.24, 2.45) is 0 Å². The fraction of sp³-hybridized carbons (Fsp3) is 0.444. The molecular formula is C27H41BrN2. The molecule has 0 aliphatic carbocycles. The molecule has 1 aromatic rings. The Morgan fingerprint density at radius 2 is 1.67 bits per heavy atom. The van der Waals surface area contributed by atoms with Gasteiger partial charge in [-0.05, 0) is 70.6 Å². The van der Waals surface area contributed by atoms with E-state index in [9.17, 15) is 5.26 Å². The molecule has 2 nitrogen and oxygen atoms in total. The predicted molar refractivity (Wildman–Crippen MR) is 141 cm³/mol. The summed E-state index contributed by atoms with van der Waals surface area (Å²) in [6.45, 7) is 25.6. The first-order valence-corrected chi connectivity index (χ1v) is 11.8. The first-order valence-electron chi connectivity index (χ1n) is 11.0. The maximum atomic E-state index is 9.51. The van der Waals surface area contributed by atoms with Gasteiger partial charge in [0, 0.05) is 11.0 Å². The van der Waals surface area contributed by atoms with Crippen molar-refractivity contribution in [3.63, 3.8) is 0 Å². The van der Waals surface area contributed by atoms with Crippen LogP contribution in [-0.4, -0.2) is 17.5 Å². The maximum absolute atomic E-state index is 9.51.